The van der Waals surface area contributed by atoms with E-state index in [1.165, 1.54) is 27.0 Å². The first kappa shape index (κ1) is 14.5. The molecule has 0 aliphatic heterocycles. The van der Waals surface area contributed by atoms with Crippen LogP contribution in [-0.2, 0) is 13.0 Å². The van der Waals surface area contributed by atoms with Crippen LogP contribution < -0.4 is 5.56 Å². The van der Waals surface area contributed by atoms with Gasteiger partial charge in [-0.1, -0.05) is 35.6 Å². The molecule has 118 valence electrons. The average molecular weight is 326 g/mol. The Morgan fingerprint density at radius 1 is 1.39 bits per heavy atom. The van der Waals surface area contributed by atoms with Crippen molar-refractivity contribution in [1.29, 1.82) is 0 Å². The highest BCUT2D eigenvalue weighted by Gasteiger charge is 2.25. The maximum atomic E-state index is 12.2. The van der Waals surface area contributed by atoms with E-state index in [1.54, 1.807) is 6.07 Å². The SMILES string of the molecule is Cc1nn2c(=O)cc(CN(C)C3CCc4ccccc43)nc2s1. The Balaban J connectivity index is 1.62. The summed E-state index contributed by atoms with van der Waals surface area (Å²) in [5, 5.41) is 5.04. The number of hydrogen-bond acceptors (Lipinski definition) is 5. The number of rotatable bonds is 3. The van der Waals surface area contributed by atoms with Gasteiger partial charge in [0.05, 0.1) is 5.69 Å². The molecule has 6 heteroatoms. The minimum atomic E-state index is -0.102. The Morgan fingerprint density at radius 2 is 2.22 bits per heavy atom. The monoisotopic (exact) mass is 326 g/mol. The Bertz CT molecular complexity index is 930. The molecule has 23 heavy (non-hydrogen) atoms. The predicted molar refractivity (Wildman–Crippen MR) is 90.8 cm³/mol. The van der Waals surface area contributed by atoms with Gasteiger partial charge in [0.25, 0.3) is 5.56 Å². The van der Waals surface area contributed by atoms with Crippen LogP contribution in [0.5, 0.6) is 0 Å². The van der Waals surface area contributed by atoms with E-state index in [1.807, 2.05) is 6.92 Å². The molecular weight excluding hydrogens is 308 g/mol. The van der Waals surface area contributed by atoms with Crippen LogP contribution in [-0.4, -0.2) is 26.5 Å². The zero-order chi connectivity index (χ0) is 16.0. The Morgan fingerprint density at radius 3 is 3.09 bits per heavy atom. The lowest BCUT2D eigenvalue weighted by atomic mass is 10.1. The lowest BCUT2D eigenvalue weighted by Gasteiger charge is -2.24. The molecule has 1 atom stereocenters. The fourth-order valence-corrected chi connectivity index (χ4v) is 4.16. The van der Waals surface area contributed by atoms with Crippen molar-refractivity contribution in [2.24, 2.45) is 0 Å². The van der Waals surface area contributed by atoms with E-state index in [0.717, 1.165) is 23.5 Å². The highest BCUT2D eigenvalue weighted by atomic mass is 32.1. The standard InChI is InChI=1S/C17H18N4OS/c1-11-19-21-16(22)9-13(18-17(21)23-11)10-20(2)15-8-7-12-5-3-4-6-14(12)15/h3-6,9,15H,7-8,10H2,1-2H3. The second-order valence-electron chi connectivity index (χ2n) is 6.07. The molecule has 4 rings (SSSR count). The highest BCUT2D eigenvalue weighted by molar-refractivity contribution is 7.16. The van der Waals surface area contributed by atoms with Crippen molar-refractivity contribution < 1.29 is 0 Å². The molecule has 0 spiro atoms. The van der Waals surface area contributed by atoms with Gasteiger partial charge in [-0.05, 0) is 37.9 Å². The fraction of sp³-hybridized carbons (Fsp3) is 0.353. The number of benzene rings is 1. The molecule has 0 fully saturated rings. The van der Waals surface area contributed by atoms with Gasteiger partial charge >= 0.3 is 0 Å². The highest BCUT2D eigenvalue weighted by Crippen LogP contribution is 2.35. The first-order chi connectivity index (χ1) is 11.1. The largest absolute Gasteiger partial charge is 0.294 e. The average Bonchev–Trinajstić information content (AvgIpc) is 3.10. The molecular formula is C17H18N4OS. The lowest BCUT2D eigenvalue weighted by molar-refractivity contribution is 0.233. The second-order valence-corrected chi connectivity index (χ2v) is 7.23. The molecule has 0 saturated heterocycles. The zero-order valence-electron chi connectivity index (χ0n) is 13.2. The minimum Gasteiger partial charge on any atom is -0.294 e. The summed E-state index contributed by atoms with van der Waals surface area (Å²) in [7, 11) is 2.11. The number of aromatic nitrogens is 3. The van der Waals surface area contributed by atoms with Crippen molar-refractivity contribution in [2.45, 2.75) is 32.4 Å². The van der Waals surface area contributed by atoms with E-state index in [-0.39, 0.29) is 5.56 Å². The first-order valence-electron chi connectivity index (χ1n) is 7.76. The van der Waals surface area contributed by atoms with Crippen molar-refractivity contribution in [3.63, 3.8) is 0 Å². The normalized spacial score (nSPS) is 17.1. The summed E-state index contributed by atoms with van der Waals surface area (Å²) in [6.07, 6.45) is 2.24. The lowest BCUT2D eigenvalue weighted by Crippen LogP contribution is -2.25. The van der Waals surface area contributed by atoms with Gasteiger partial charge in [0.15, 0.2) is 0 Å². The molecule has 0 amide bonds. The molecule has 1 unspecified atom stereocenters. The topological polar surface area (TPSA) is 50.5 Å². The summed E-state index contributed by atoms with van der Waals surface area (Å²) < 4.78 is 1.38. The molecule has 2 aromatic heterocycles. The molecule has 0 N–H and O–H groups in total. The van der Waals surface area contributed by atoms with Crippen LogP contribution in [0.15, 0.2) is 35.1 Å². The van der Waals surface area contributed by atoms with E-state index >= 15 is 0 Å². The molecule has 1 aliphatic carbocycles. The minimum absolute atomic E-state index is 0.102. The summed E-state index contributed by atoms with van der Waals surface area (Å²) in [6, 6.07) is 10.6. The van der Waals surface area contributed by atoms with Gasteiger partial charge in [0.2, 0.25) is 4.96 Å². The first-order valence-corrected chi connectivity index (χ1v) is 8.58. The van der Waals surface area contributed by atoms with Crippen molar-refractivity contribution >= 4 is 16.3 Å². The molecule has 0 radical (unpaired) electrons. The molecule has 3 aromatic rings. The van der Waals surface area contributed by atoms with Crippen molar-refractivity contribution in [3.8, 4) is 0 Å². The van der Waals surface area contributed by atoms with Gasteiger partial charge in [-0.15, -0.1) is 0 Å². The second kappa shape index (κ2) is 5.54. The van der Waals surface area contributed by atoms with E-state index in [4.69, 9.17) is 0 Å². The van der Waals surface area contributed by atoms with Gasteiger partial charge in [0, 0.05) is 18.7 Å². The number of aryl methyl sites for hydroxylation is 2. The van der Waals surface area contributed by atoms with Crippen LogP contribution in [0.25, 0.3) is 4.96 Å². The van der Waals surface area contributed by atoms with Gasteiger partial charge in [-0.25, -0.2) is 4.98 Å². The molecule has 0 bridgehead atoms. The Hall–Kier alpha value is -2.05. The van der Waals surface area contributed by atoms with E-state index in [9.17, 15) is 4.79 Å². The van der Waals surface area contributed by atoms with Crippen LogP contribution >= 0.6 is 11.3 Å². The molecule has 5 nitrogen and oxygen atoms in total. The summed E-state index contributed by atoms with van der Waals surface area (Å²) in [4.78, 5) is 19.7. The molecule has 0 saturated carbocycles. The maximum absolute atomic E-state index is 12.2. The van der Waals surface area contributed by atoms with Gasteiger partial charge in [-0.2, -0.15) is 9.61 Å². The predicted octanol–water partition coefficient (Wildman–Crippen LogP) is 2.58. The van der Waals surface area contributed by atoms with Crippen molar-refractivity contribution in [3.05, 3.63) is 62.5 Å². The van der Waals surface area contributed by atoms with E-state index in [2.05, 4.69) is 46.3 Å². The third-order valence-electron chi connectivity index (χ3n) is 4.44. The molecule has 2 heterocycles. The third-order valence-corrected chi connectivity index (χ3v) is 5.27. The Kier molecular flexibility index (Phi) is 3.50. The fourth-order valence-electron chi connectivity index (χ4n) is 3.39. The smallest absolute Gasteiger partial charge is 0.275 e. The van der Waals surface area contributed by atoms with Crippen LogP contribution in [0.1, 0.15) is 34.3 Å². The van der Waals surface area contributed by atoms with Crippen molar-refractivity contribution in [1.82, 2.24) is 19.5 Å². The molecule has 1 aliphatic rings. The van der Waals surface area contributed by atoms with Gasteiger partial charge in [-0.3, -0.25) is 9.69 Å². The van der Waals surface area contributed by atoms with Crippen LogP contribution in [0.2, 0.25) is 0 Å². The van der Waals surface area contributed by atoms with Crippen LogP contribution in [0, 0.1) is 6.92 Å². The molecule has 1 aromatic carbocycles. The summed E-state index contributed by atoms with van der Waals surface area (Å²) in [6.45, 7) is 2.56. The number of hydrogen-bond donors (Lipinski definition) is 0. The van der Waals surface area contributed by atoms with E-state index in [0.29, 0.717) is 17.5 Å². The van der Waals surface area contributed by atoms with Gasteiger partial charge < -0.3 is 0 Å². The zero-order valence-corrected chi connectivity index (χ0v) is 14.0. The van der Waals surface area contributed by atoms with Gasteiger partial charge in [0.1, 0.15) is 5.01 Å². The number of fused-ring (bicyclic) bond motifs is 2. The third kappa shape index (κ3) is 2.58. The maximum Gasteiger partial charge on any atom is 0.275 e. The van der Waals surface area contributed by atoms with E-state index < -0.39 is 0 Å². The van der Waals surface area contributed by atoms with Crippen LogP contribution in [0.3, 0.4) is 0 Å². The summed E-state index contributed by atoms with van der Waals surface area (Å²) in [5.74, 6) is 0. The quantitative estimate of drug-likeness (QED) is 0.742. The summed E-state index contributed by atoms with van der Waals surface area (Å²) in [5.41, 5.74) is 3.55. The summed E-state index contributed by atoms with van der Waals surface area (Å²) >= 11 is 1.45. The Labute approximate surface area is 138 Å². The van der Waals surface area contributed by atoms with Crippen molar-refractivity contribution in [2.75, 3.05) is 7.05 Å². The van der Waals surface area contributed by atoms with Crippen LogP contribution in [0.4, 0.5) is 0 Å². The number of nitrogens with zero attached hydrogens (tertiary/aromatic N) is 4.